The number of thiocarbonyl (C=S) groups is 1. The summed E-state index contributed by atoms with van der Waals surface area (Å²) in [6.45, 7) is -0.0423. The van der Waals surface area contributed by atoms with Crippen molar-refractivity contribution in [2.24, 2.45) is 0 Å². The third kappa shape index (κ3) is 3.11. The number of carbonyl (C=O) groups excluding carboxylic acids is 1. The average Bonchev–Trinajstić information content (AvgIpc) is 2.08. The summed E-state index contributed by atoms with van der Waals surface area (Å²) in [6.07, 6.45) is 1.33. The number of nitrogens with zero attached hydrogens (tertiary/aromatic N) is 1. The lowest BCUT2D eigenvalue weighted by Crippen LogP contribution is -2.42. The molecule has 1 heterocycles. The predicted molar refractivity (Wildman–Crippen MR) is 51.5 cm³/mol. The molecule has 0 aliphatic carbocycles. The minimum absolute atomic E-state index is 0.122. The fourth-order valence-electron chi connectivity index (χ4n) is 0.835. The lowest BCUT2D eigenvalue weighted by atomic mass is 10.2. The molecule has 0 bridgehead atoms. The van der Waals surface area contributed by atoms with Crippen molar-refractivity contribution >= 4 is 29.2 Å². The standard InChI is InChI=1S/C7H8N3O3S/c11-5(12)3-8-1-4-2-9-7(14)10-6(4)13/h2,8H,1,3H2,(H,11,12)(H,10,13,14). The van der Waals surface area contributed by atoms with E-state index in [2.05, 4.69) is 28.2 Å². The van der Waals surface area contributed by atoms with Gasteiger partial charge in [0, 0.05) is 18.3 Å². The number of amides is 1. The topological polar surface area (TPSA) is 92.5 Å². The van der Waals surface area contributed by atoms with Gasteiger partial charge in [0.05, 0.1) is 6.54 Å². The first kappa shape index (κ1) is 10.6. The maximum Gasteiger partial charge on any atom is 0.317 e. The molecule has 0 saturated carbocycles. The largest absolute Gasteiger partial charge is 0.480 e. The Labute approximate surface area is 85.4 Å². The lowest BCUT2D eigenvalue weighted by Gasteiger charge is -2.13. The predicted octanol–water partition coefficient (Wildman–Crippen LogP) is -1.44. The van der Waals surface area contributed by atoms with Crippen molar-refractivity contribution in [3.63, 3.8) is 0 Å². The Bertz CT molecular complexity index is 313. The van der Waals surface area contributed by atoms with Crippen LogP contribution >= 0.6 is 12.2 Å². The van der Waals surface area contributed by atoms with E-state index in [0.717, 1.165) is 0 Å². The number of aliphatic carboxylic acids is 1. The molecule has 0 spiro atoms. The monoisotopic (exact) mass is 214 g/mol. The van der Waals surface area contributed by atoms with Gasteiger partial charge in [-0.2, -0.15) is 0 Å². The molecule has 0 atom stereocenters. The summed E-state index contributed by atoms with van der Waals surface area (Å²) < 4.78 is 0. The number of carbonyl (C=O) groups is 2. The fraction of sp³-hybridized carbons (Fsp3) is 0.286. The number of carboxylic acid groups (broad SMARTS) is 1. The molecule has 14 heavy (non-hydrogen) atoms. The van der Waals surface area contributed by atoms with Crippen molar-refractivity contribution < 1.29 is 14.7 Å². The molecule has 1 amide bonds. The van der Waals surface area contributed by atoms with Crippen LogP contribution in [-0.2, 0) is 9.59 Å². The van der Waals surface area contributed by atoms with E-state index in [1.54, 1.807) is 0 Å². The first-order chi connectivity index (χ1) is 6.59. The maximum atomic E-state index is 11.2. The number of hydrogen-bond donors (Lipinski definition) is 3. The summed E-state index contributed by atoms with van der Waals surface area (Å²) in [5.41, 5.74) is 0.361. The highest BCUT2D eigenvalue weighted by atomic mass is 32.1. The Morgan fingerprint density at radius 2 is 2.43 bits per heavy atom. The second-order valence-electron chi connectivity index (χ2n) is 2.54. The number of carboxylic acids is 1. The molecule has 1 aliphatic heterocycles. The zero-order valence-electron chi connectivity index (χ0n) is 7.11. The second-order valence-corrected chi connectivity index (χ2v) is 2.93. The Morgan fingerprint density at radius 3 is 3.00 bits per heavy atom. The second kappa shape index (κ2) is 4.68. The molecule has 0 unspecified atom stereocenters. The Kier molecular flexibility index (Phi) is 3.55. The summed E-state index contributed by atoms with van der Waals surface area (Å²) >= 11 is 4.63. The van der Waals surface area contributed by atoms with Gasteiger partial charge in [-0.05, 0) is 12.2 Å². The van der Waals surface area contributed by atoms with Crippen LogP contribution in [0.5, 0.6) is 0 Å². The van der Waals surface area contributed by atoms with E-state index < -0.39 is 5.97 Å². The van der Waals surface area contributed by atoms with Gasteiger partial charge >= 0.3 is 5.97 Å². The average molecular weight is 214 g/mol. The van der Waals surface area contributed by atoms with Crippen molar-refractivity contribution in [3.8, 4) is 0 Å². The molecule has 3 N–H and O–H groups in total. The van der Waals surface area contributed by atoms with Crippen LogP contribution in [0.2, 0.25) is 0 Å². The minimum atomic E-state index is -0.978. The van der Waals surface area contributed by atoms with Crippen molar-refractivity contribution in [3.05, 3.63) is 11.8 Å². The molecular formula is C7H8N3O3S. The van der Waals surface area contributed by atoms with Gasteiger partial charge in [0.1, 0.15) is 0 Å². The van der Waals surface area contributed by atoms with E-state index in [0.29, 0.717) is 5.57 Å². The summed E-state index contributed by atoms with van der Waals surface area (Å²) in [6, 6.07) is 0. The van der Waals surface area contributed by atoms with Crippen molar-refractivity contribution in [2.75, 3.05) is 13.1 Å². The smallest absolute Gasteiger partial charge is 0.317 e. The summed E-state index contributed by atoms with van der Waals surface area (Å²) in [4.78, 5) is 21.3. The zero-order valence-corrected chi connectivity index (χ0v) is 7.93. The number of hydrogen-bond acceptors (Lipinski definition) is 4. The molecule has 0 aromatic rings. The van der Waals surface area contributed by atoms with Gasteiger partial charge in [0.2, 0.25) is 0 Å². The summed E-state index contributed by atoms with van der Waals surface area (Å²) in [7, 11) is 0. The van der Waals surface area contributed by atoms with Gasteiger partial charge in [0.15, 0.2) is 5.11 Å². The van der Waals surface area contributed by atoms with Crippen LogP contribution in [0.3, 0.4) is 0 Å². The van der Waals surface area contributed by atoms with Crippen LogP contribution in [0.1, 0.15) is 0 Å². The molecule has 7 heteroatoms. The summed E-state index contributed by atoms with van der Waals surface area (Å²) in [5.74, 6) is -1.32. The molecule has 0 fully saturated rings. The van der Waals surface area contributed by atoms with E-state index >= 15 is 0 Å². The van der Waals surface area contributed by atoms with E-state index in [1.807, 2.05) is 0 Å². The van der Waals surface area contributed by atoms with Crippen LogP contribution in [0, 0.1) is 0 Å². The highest BCUT2D eigenvalue weighted by molar-refractivity contribution is 7.80. The van der Waals surface area contributed by atoms with E-state index in [-0.39, 0.29) is 24.1 Å². The minimum Gasteiger partial charge on any atom is -0.480 e. The Balaban J connectivity index is 2.41. The fourth-order valence-corrected chi connectivity index (χ4v) is 0.980. The van der Waals surface area contributed by atoms with Crippen molar-refractivity contribution in [1.29, 1.82) is 0 Å². The molecule has 1 radical (unpaired) electrons. The van der Waals surface area contributed by atoms with Crippen molar-refractivity contribution in [2.45, 2.75) is 0 Å². The van der Waals surface area contributed by atoms with Crippen LogP contribution in [-0.4, -0.2) is 35.2 Å². The third-order valence-electron chi connectivity index (χ3n) is 1.44. The third-order valence-corrected chi connectivity index (χ3v) is 1.65. The zero-order chi connectivity index (χ0) is 10.6. The van der Waals surface area contributed by atoms with Gasteiger partial charge in [-0.1, -0.05) is 0 Å². The van der Waals surface area contributed by atoms with Crippen LogP contribution in [0.25, 0.3) is 0 Å². The highest BCUT2D eigenvalue weighted by Crippen LogP contribution is 1.96. The number of nitrogens with one attached hydrogen (secondary N) is 2. The maximum absolute atomic E-state index is 11.2. The van der Waals surface area contributed by atoms with E-state index in [1.165, 1.54) is 6.20 Å². The normalized spacial score (nSPS) is 15.6. The van der Waals surface area contributed by atoms with Gasteiger partial charge in [-0.15, -0.1) is 0 Å². The SMILES string of the molecule is O=C(O)CNCC1=C[N]C(=S)NC1=O. The lowest BCUT2D eigenvalue weighted by molar-refractivity contribution is -0.136. The van der Waals surface area contributed by atoms with Crippen LogP contribution < -0.4 is 16.0 Å². The van der Waals surface area contributed by atoms with Gasteiger partial charge in [-0.3, -0.25) is 14.9 Å². The molecule has 1 rings (SSSR count). The van der Waals surface area contributed by atoms with E-state index in [4.69, 9.17) is 5.11 Å². The first-order valence-electron chi connectivity index (χ1n) is 3.77. The molecule has 0 aromatic carbocycles. The molecule has 0 saturated heterocycles. The van der Waals surface area contributed by atoms with Crippen LogP contribution in [0.15, 0.2) is 11.8 Å². The number of rotatable bonds is 4. The van der Waals surface area contributed by atoms with Crippen molar-refractivity contribution in [1.82, 2.24) is 16.0 Å². The van der Waals surface area contributed by atoms with Gasteiger partial charge in [-0.25, -0.2) is 5.32 Å². The van der Waals surface area contributed by atoms with Gasteiger partial charge in [0.25, 0.3) is 5.91 Å². The Morgan fingerprint density at radius 1 is 1.71 bits per heavy atom. The summed E-state index contributed by atoms with van der Waals surface area (Å²) in [5, 5.41) is 17.1. The molecule has 1 aliphatic rings. The first-order valence-corrected chi connectivity index (χ1v) is 4.18. The van der Waals surface area contributed by atoms with Gasteiger partial charge < -0.3 is 10.4 Å². The van der Waals surface area contributed by atoms with E-state index in [9.17, 15) is 9.59 Å². The molecular weight excluding hydrogens is 206 g/mol. The van der Waals surface area contributed by atoms with Crippen LogP contribution in [0.4, 0.5) is 0 Å². The highest BCUT2D eigenvalue weighted by Gasteiger charge is 2.16. The molecule has 6 nitrogen and oxygen atoms in total. The molecule has 0 aromatic heterocycles. The quantitative estimate of drug-likeness (QED) is 0.499. The molecule has 75 valence electrons. The Hall–Kier alpha value is -1.47.